The number of hydrogen-bond acceptors (Lipinski definition) is 6. The predicted octanol–water partition coefficient (Wildman–Crippen LogP) is 2.85. The molecule has 0 bridgehead atoms. The molecule has 2 N–H and O–H groups in total. The van der Waals surface area contributed by atoms with E-state index in [9.17, 15) is 14.7 Å². The predicted molar refractivity (Wildman–Crippen MR) is 103 cm³/mol. The first-order valence-corrected chi connectivity index (χ1v) is 9.09. The molecule has 0 saturated carbocycles. The smallest absolute Gasteiger partial charge is 0.308 e. The lowest BCUT2D eigenvalue weighted by Crippen LogP contribution is -2.35. The van der Waals surface area contributed by atoms with Gasteiger partial charge in [0.25, 0.3) is 5.89 Å². The lowest BCUT2D eigenvalue weighted by atomic mass is 9.98. The Labute approximate surface area is 167 Å². The number of carbonyl (C=O) groups is 2. The number of aromatic nitrogens is 1. The van der Waals surface area contributed by atoms with Gasteiger partial charge in [0.15, 0.2) is 5.76 Å². The van der Waals surface area contributed by atoms with E-state index in [1.165, 1.54) is 13.4 Å². The highest BCUT2D eigenvalue weighted by atomic mass is 16.5. The summed E-state index contributed by atoms with van der Waals surface area (Å²) in [6, 6.07) is 10.7. The Morgan fingerprint density at radius 1 is 1.24 bits per heavy atom. The highest BCUT2D eigenvalue weighted by Crippen LogP contribution is 2.23. The number of amides is 1. The van der Waals surface area contributed by atoms with Crippen LogP contribution in [-0.2, 0) is 22.4 Å². The second-order valence-corrected chi connectivity index (χ2v) is 6.53. The summed E-state index contributed by atoms with van der Waals surface area (Å²) in [5.74, 6) is -0.207. The Bertz CT molecular complexity index is 977. The summed E-state index contributed by atoms with van der Waals surface area (Å²) in [7, 11) is 1.54. The number of ether oxygens (including phenoxy) is 1. The van der Waals surface area contributed by atoms with Crippen LogP contribution in [-0.4, -0.2) is 35.6 Å². The third kappa shape index (κ3) is 5.04. The van der Waals surface area contributed by atoms with E-state index in [0.29, 0.717) is 28.9 Å². The Kier molecular flexibility index (Phi) is 6.33. The van der Waals surface area contributed by atoms with Crippen LogP contribution < -0.4 is 10.1 Å². The van der Waals surface area contributed by atoms with E-state index in [1.54, 1.807) is 25.1 Å². The van der Waals surface area contributed by atoms with Crippen LogP contribution in [0.1, 0.15) is 17.0 Å². The summed E-state index contributed by atoms with van der Waals surface area (Å²) in [6.45, 7) is 1.71. The Hall–Kier alpha value is -3.55. The van der Waals surface area contributed by atoms with Gasteiger partial charge in [0, 0.05) is 6.54 Å². The number of furan rings is 1. The number of nitrogens with one attached hydrogen (secondary N) is 1. The number of hydrogen-bond donors (Lipinski definition) is 2. The molecule has 1 amide bonds. The SMILES string of the molecule is COc1ccccc1CC(CNC(=O)Cc1nc(-c2ccco2)oc1C)C(=O)O. The second-order valence-electron chi connectivity index (χ2n) is 6.53. The summed E-state index contributed by atoms with van der Waals surface area (Å²) < 4.78 is 16.0. The average molecular weight is 398 g/mol. The number of aryl methyl sites for hydroxylation is 1. The fourth-order valence-corrected chi connectivity index (χ4v) is 2.93. The van der Waals surface area contributed by atoms with Crippen molar-refractivity contribution in [2.45, 2.75) is 19.8 Å². The third-order valence-electron chi connectivity index (χ3n) is 4.51. The molecule has 0 spiro atoms. The van der Waals surface area contributed by atoms with Gasteiger partial charge in [0.05, 0.1) is 31.4 Å². The molecule has 29 heavy (non-hydrogen) atoms. The van der Waals surface area contributed by atoms with Crippen LogP contribution in [0.4, 0.5) is 0 Å². The summed E-state index contributed by atoms with van der Waals surface area (Å²) >= 11 is 0. The van der Waals surface area contributed by atoms with Gasteiger partial charge in [-0.25, -0.2) is 4.98 Å². The summed E-state index contributed by atoms with van der Waals surface area (Å²) in [6.07, 6.45) is 1.73. The molecule has 0 aliphatic rings. The number of oxazole rings is 1. The first kappa shape index (κ1) is 20.2. The number of carboxylic acid groups (broad SMARTS) is 1. The van der Waals surface area contributed by atoms with Crippen LogP contribution in [0.25, 0.3) is 11.7 Å². The minimum absolute atomic E-state index is 0.00580. The fraction of sp³-hybridized carbons (Fsp3) is 0.286. The number of benzene rings is 1. The Balaban J connectivity index is 1.60. The molecule has 0 saturated heterocycles. The standard InChI is InChI=1S/C21H22N2O6/c1-13-16(23-20(29-13)18-8-5-9-28-18)11-19(24)22-12-15(21(25)26)10-14-6-3-4-7-17(14)27-2/h3-9,15H,10-12H2,1-2H3,(H,22,24)(H,25,26). The van der Waals surface area contributed by atoms with Crippen molar-refractivity contribution in [3.63, 3.8) is 0 Å². The summed E-state index contributed by atoms with van der Waals surface area (Å²) in [5, 5.41) is 12.2. The Morgan fingerprint density at radius 2 is 2.03 bits per heavy atom. The number of methoxy groups -OCH3 is 1. The van der Waals surface area contributed by atoms with Crippen molar-refractivity contribution in [2.75, 3.05) is 13.7 Å². The van der Waals surface area contributed by atoms with E-state index in [-0.39, 0.29) is 25.3 Å². The average Bonchev–Trinajstić information content (AvgIpc) is 3.35. The van der Waals surface area contributed by atoms with E-state index in [4.69, 9.17) is 13.6 Å². The van der Waals surface area contributed by atoms with Crippen LogP contribution in [0, 0.1) is 12.8 Å². The van der Waals surface area contributed by atoms with E-state index < -0.39 is 11.9 Å². The van der Waals surface area contributed by atoms with Crippen LogP contribution in [0.15, 0.2) is 51.5 Å². The van der Waals surface area contributed by atoms with Gasteiger partial charge in [0.2, 0.25) is 5.91 Å². The third-order valence-corrected chi connectivity index (χ3v) is 4.51. The summed E-state index contributed by atoms with van der Waals surface area (Å²) in [5.41, 5.74) is 1.25. The zero-order chi connectivity index (χ0) is 20.8. The van der Waals surface area contributed by atoms with Gasteiger partial charge in [-0.2, -0.15) is 0 Å². The van der Waals surface area contributed by atoms with Gasteiger partial charge in [-0.1, -0.05) is 18.2 Å². The van der Waals surface area contributed by atoms with Crippen molar-refractivity contribution in [3.8, 4) is 17.4 Å². The number of carbonyl (C=O) groups excluding carboxylic acids is 1. The first-order chi connectivity index (χ1) is 14.0. The van der Waals surface area contributed by atoms with E-state index in [2.05, 4.69) is 10.3 Å². The molecule has 0 aliphatic carbocycles. The Morgan fingerprint density at radius 3 is 2.72 bits per heavy atom. The highest BCUT2D eigenvalue weighted by Gasteiger charge is 2.22. The number of aliphatic carboxylic acids is 1. The number of para-hydroxylation sites is 1. The lowest BCUT2D eigenvalue weighted by molar-refractivity contribution is -0.141. The molecule has 2 heterocycles. The van der Waals surface area contributed by atoms with Crippen molar-refractivity contribution >= 4 is 11.9 Å². The van der Waals surface area contributed by atoms with Crippen molar-refractivity contribution in [1.82, 2.24) is 10.3 Å². The molecule has 1 atom stereocenters. The largest absolute Gasteiger partial charge is 0.496 e. The van der Waals surface area contributed by atoms with Crippen LogP contribution in [0.2, 0.25) is 0 Å². The maximum Gasteiger partial charge on any atom is 0.308 e. The molecule has 0 radical (unpaired) electrons. The van der Waals surface area contributed by atoms with Gasteiger partial charge in [-0.15, -0.1) is 0 Å². The zero-order valence-corrected chi connectivity index (χ0v) is 16.2. The van der Waals surface area contributed by atoms with Crippen LogP contribution in [0.5, 0.6) is 5.75 Å². The molecule has 1 unspecified atom stereocenters. The molecule has 8 nitrogen and oxygen atoms in total. The van der Waals surface area contributed by atoms with Gasteiger partial charge < -0.3 is 24.0 Å². The number of rotatable bonds is 9. The molecule has 2 aromatic heterocycles. The number of carboxylic acids is 1. The van der Waals surface area contributed by atoms with Gasteiger partial charge >= 0.3 is 5.97 Å². The van der Waals surface area contributed by atoms with Crippen molar-refractivity contribution in [1.29, 1.82) is 0 Å². The summed E-state index contributed by atoms with van der Waals surface area (Å²) in [4.78, 5) is 28.3. The molecule has 3 aromatic rings. The molecule has 0 aliphatic heterocycles. The molecule has 3 rings (SSSR count). The van der Waals surface area contributed by atoms with E-state index >= 15 is 0 Å². The fourth-order valence-electron chi connectivity index (χ4n) is 2.93. The maximum absolute atomic E-state index is 12.3. The highest BCUT2D eigenvalue weighted by molar-refractivity contribution is 5.79. The quantitative estimate of drug-likeness (QED) is 0.569. The van der Waals surface area contributed by atoms with E-state index in [0.717, 1.165) is 5.56 Å². The topological polar surface area (TPSA) is 115 Å². The molecular formula is C21H22N2O6. The van der Waals surface area contributed by atoms with Crippen LogP contribution >= 0.6 is 0 Å². The second kappa shape index (κ2) is 9.09. The molecule has 0 fully saturated rings. The van der Waals surface area contributed by atoms with Crippen molar-refractivity contribution < 1.29 is 28.3 Å². The normalized spacial score (nSPS) is 11.8. The monoisotopic (exact) mass is 398 g/mol. The minimum atomic E-state index is -0.992. The minimum Gasteiger partial charge on any atom is -0.496 e. The first-order valence-electron chi connectivity index (χ1n) is 9.09. The van der Waals surface area contributed by atoms with Gasteiger partial charge in [-0.3, -0.25) is 9.59 Å². The van der Waals surface area contributed by atoms with E-state index in [1.807, 2.05) is 18.2 Å². The van der Waals surface area contributed by atoms with Crippen LogP contribution in [0.3, 0.4) is 0 Å². The maximum atomic E-state index is 12.3. The van der Waals surface area contributed by atoms with Crippen molar-refractivity contribution in [3.05, 3.63) is 59.7 Å². The zero-order valence-electron chi connectivity index (χ0n) is 16.2. The molecule has 8 heteroatoms. The molecule has 152 valence electrons. The van der Waals surface area contributed by atoms with Gasteiger partial charge in [0.1, 0.15) is 11.5 Å². The van der Waals surface area contributed by atoms with Crippen molar-refractivity contribution in [2.24, 2.45) is 5.92 Å². The molecular weight excluding hydrogens is 376 g/mol. The molecule has 1 aromatic carbocycles. The lowest BCUT2D eigenvalue weighted by Gasteiger charge is -2.15. The van der Waals surface area contributed by atoms with Gasteiger partial charge in [-0.05, 0) is 37.1 Å². The number of nitrogens with zero attached hydrogens (tertiary/aromatic N) is 1.